The van der Waals surface area contributed by atoms with Crippen molar-refractivity contribution < 1.29 is 28.7 Å². The number of aromatic amines is 2. The van der Waals surface area contributed by atoms with Crippen LogP contribution in [0, 0.1) is 5.92 Å². The van der Waals surface area contributed by atoms with Crippen molar-refractivity contribution in [3.05, 3.63) is 66.5 Å². The summed E-state index contributed by atoms with van der Waals surface area (Å²) in [6.45, 7) is 7.74. The molecular weight excluding hydrogens is 739 g/mol. The minimum Gasteiger partial charge on any atom is -0.471 e. The predicted octanol–water partition coefficient (Wildman–Crippen LogP) is 6.60. The minimum absolute atomic E-state index is 0.0476. The quantitative estimate of drug-likeness (QED) is 0.0534. The number of hydrogen-bond donors (Lipinski definition) is 5. The van der Waals surface area contributed by atoms with Crippen LogP contribution >= 0.6 is 0 Å². The number of aryl methyl sites for hydroxylation is 1. The van der Waals surface area contributed by atoms with Crippen molar-refractivity contribution in [3.63, 3.8) is 0 Å². The molecule has 1 saturated heterocycles. The van der Waals surface area contributed by atoms with Crippen LogP contribution in [0.25, 0.3) is 44.3 Å². The van der Waals surface area contributed by atoms with Crippen LogP contribution in [0.15, 0.2) is 54.9 Å². The summed E-state index contributed by atoms with van der Waals surface area (Å²) >= 11 is 0. The van der Waals surface area contributed by atoms with Gasteiger partial charge in [-0.1, -0.05) is 51.8 Å². The third kappa shape index (κ3) is 11.9. The predicted molar refractivity (Wildman–Crippen MR) is 226 cm³/mol. The highest BCUT2D eigenvalue weighted by atomic mass is 16.5. The molecule has 0 saturated carbocycles. The van der Waals surface area contributed by atoms with E-state index in [1.54, 1.807) is 0 Å². The van der Waals surface area contributed by atoms with Crippen LogP contribution in [-0.4, -0.2) is 94.6 Å². The maximum absolute atomic E-state index is 13.7. The van der Waals surface area contributed by atoms with E-state index in [4.69, 9.17) is 19.5 Å². The Balaban J connectivity index is 0.00000117. The third-order valence-electron chi connectivity index (χ3n) is 10.3. The average Bonchev–Trinajstić information content (AvgIpc) is 4.05. The molecule has 3 atom stereocenters. The number of hydrogen-bond acceptors (Lipinski definition) is 10. The van der Waals surface area contributed by atoms with Gasteiger partial charge in [0.2, 0.25) is 11.8 Å². The van der Waals surface area contributed by atoms with Crippen LogP contribution in [0.2, 0.25) is 0 Å². The molecule has 0 radical (unpaired) electrons. The summed E-state index contributed by atoms with van der Waals surface area (Å²) in [6, 6.07) is 13.6. The van der Waals surface area contributed by atoms with E-state index in [0.717, 1.165) is 107 Å². The second-order valence-electron chi connectivity index (χ2n) is 14.2. The summed E-state index contributed by atoms with van der Waals surface area (Å²) in [5, 5.41) is 7.87. The number of alkyl carbamates (subject to hydrolysis) is 1. The number of carbonyl (C=O) groups is 4. The number of benzene rings is 2. The molecular formula is C43H59N9O6. The lowest BCUT2D eigenvalue weighted by Crippen LogP contribution is -2.51. The van der Waals surface area contributed by atoms with Gasteiger partial charge in [0.05, 0.1) is 48.9 Å². The van der Waals surface area contributed by atoms with Crippen molar-refractivity contribution >= 4 is 46.2 Å². The smallest absolute Gasteiger partial charge is 0.407 e. The summed E-state index contributed by atoms with van der Waals surface area (Å²) in [5.74, 6) is 1.66. The summed E-state index contributed by atoms with van der Waals surface area (Å²) < 4.78 is 8.67. The lowest BCUT2D eigenvalue weighted by Gasteiger charge is -2.30. The number of unbranched alkanes of at least 4 members (excludes halogenated alkanes) is 2. The van der Waals surface area contributed by atoms with E-state index in [0.29, 0.717) is 26.0 Å². The zero-order chi connectivity index (χ0) is 42.0. The first-order chi connectivity index (χ1) is 28.2. The largest absolute Gasteiger partial charge is 0.471 e. The number of aromatic nitrogens is 5. The van der Waals surface area contributed by atoms with E-state index < -0.39 is 12.1 Å². The monoisotopic (exact) mass is 797 g/mol. The molecule has 15 heteroatoms. The zero-order valence-electron chi connectivity index (χ0n) is 34.6. The van der Waals surface area contributed by atoms with Gasteiger partial charge in [0.25, 0.3) is 6.47 Å². The molecule has 5 aromatic rings. The second kappa shape index (κ2) is 22.8. The van der Waals surface area contributed by atoms with Crippen LogP contribution in [-0.2, 0) is 30.3 Å². The molecule has 3 amide bonds. The number of pyridine rings is 1. The lowest BCUT2D eigenvalue weighted by atomic mass is 9.97. The fraction of sp³-hybridized carbons (Fsp3) is 0.465. The molecule has 58 heavy (non-hydrogen) atoms. The molecule has 1 aliphatic heterocycles. The van der Waals surface area contributed by atoms with E-state index in [9.17, 15) is 14.4 Å². The highest BCUT2D eigenvalue weighted by Gasteiger charge is 2.38. The first-order valence-electron chi connectivity index (χ1n) is 20.1. The summed E-state index contributed by atoms with van der Waals surface area (Å²) in [5.41, 5.74) is 10.0. The van der Waals surface area contributed by atoms with Gasteiger partial charge in [-0.2, -0.15) is 0 Å². The Morgan fingerprint density at radius 3 is 2.48 bits per heavy atom. The molecule has 3 aromatic heterocycles. The van der Waals surface area contributed by atoms with Gasteiger partial charge in [0.15, 0.2) is 0 Å². The standard InChI is InChI=1S/C40H50N8O4.C2H4O2.CH5N/c1-5-7-13-36(49)41-18-9-8-12-35-43-24-33(44-35)27-15-14-26-21-31(42-23-29(26)20-27)28-16-17-30-32(22-28)46-38(45-30)34-11-10-19-48(34)39(50)37(25(3)6-2)47-40(51)52-4;1-4-2-3;1-2/h14-17,20-25,34,37H,5-13,18-19H2,1-4H3,(H,41,49)(H,43,44)(H,45,46)(H,47,51);2H,1H3;2H2,1H3. The van der Waals surface area contributed by atoms with Crippen LogP contribution in [0.1, 0.15) is 89.8 Å². The summed E-state index contributed by atoms with van der Waals surface area (Å²) in [7, 11) is 4.12. The van der Waals surface area contributed by atoms with Gasteiger partial charge in [-0.25, -0.2) is 14.8 Å². The van der Waals surface area contributed by atoms with Gasteiger partial charge >= 0.3 is 6.09 Å². The van der Waals surface area contributed by atoms with Gasteiger partial charge in [-0.3, -0.25) is 19.4 Å². The Hall–Kier alpha value is -5.83. The van der Waals surface area contributed by atoms with E-state index in [-0.39, 0.29) is 23.8 Å². The van der Waals surface area contributed by atoms with E-state index in [2.05, 4.69) is 73.3 Å². The average molecular weight is 798 g/mol. The number of nitrogens with one attached hydrogen (secondary N) is 4. The molecule has 0 aliphatic carbocycles. The summed E-state index contributed by atoms with van der Waals surface area (Å²) in [6.07, 6.45) is 10.8. The first kappa shape index (κ1) is 44.9. The second-order valence-corrected chi connectivity index (χ2v) is 14.2. The Labute approximate surface area is 340 Å². The molecule has 6 rings (SSSR count). The van der Waals surface area contributed by atoms with Gasteiger partial charge in [-0.05, 0) is 74.7 Å². The summed E-state index contributed by atoms with van der Waals surface area (Å²) in [4.78, 5) is 69.6. The van der Waals surface area contributed by atoms with Gasteiger partial charge in [0.1, 0.15) is 17.7 Å². The number of likely N-dealkylation sites (tertiary alicyclic amines) is 1. The van der Waals surface area contributed by atoms with Gasteiger partial charge < -0.3 is 40.7 Å². The van der Waals surface area contributed by atoms with Crippen LogP contribution in [0.5, 0.6) is 0 Å². The van der Waals surface area contributed by atoms with Crippen molar-refractivity contribution in [1.29, 1.82) is 0 Å². The molecule has 4 heterocycles. The number of methoxy groups -OCH3 is 2. The minimum atomic E-state index is -0.668. The number of nitrogens with zero attached hydrogens (tertiary/aromatic N) is 4. The van der Waals surface area contributed by atoms with Crippen molar-refractivity contribution in [2.24, 2.45) is 11.7 Å². The third-order valence-corrected chi connectivity index (χ3v) is 10.3. The number of H-pyrrole nitrogens is 2. The highest BCUT2D eigenvalue weighted by Crippen LogP contribution is 2.34. The van der Waals surface area contributed by atoms with Crippen LogP contribution in [0.3, 0.4) is 0 Å². The zero-order valence-corrected chi connectivity index (χ0v) is 34.6. The normalized spacial score (nSPS) is 14.4. The Morgan fingerprint density at radius 1 is 0.983 bits per heavy atom. The molecule has 312 valence electrons. The Morgan fingerprint density at radius 2 is 1.76 bits per heavy atom. The maximum atomic E-state index is 13.7. The molecule has 3 unspecified atom stereocenters. The van der Waals surface area contributed by atoms with Crippen LogP contribution in [0.4, 0.5) is 4.79 Å². The van der Waals surface area contributed by atoms with Gasteiger partial charge in [-0.15, -0.1) is 0 Å². The topological polar surface area (TPSA) is 210 Å². The van der Waals surface area contributed by atoms with Crippen LogP contribution < -0.4 is 16.4 Å². The SMILES string of the molecule is CCCCC(=O)NCCCCc1ncc(-c2ccc3cc(-c4ccc5nc(C6CCCN6C(=O)C(NC(=O)OC)C(C)CC)[nH]c5c4)ncc3c2)[nH]1.CN.COC=O. The number of nitrogens with two attached hydrogens (primary N) is 1. The van der Waals surface area contributed by atoms with E-state index >= 15 is 0 Å². The van der Waals surface area contributed by atoms with Crippen molar-refractivity contribution in [3.8, 4) is 22.5 Å². The fourth-order valence-corrected chi connectivity index (χ4v) is 6.88. The molecule has 0 bridgehead atoms. The molecule has 15 nitrogen and oxygen atoms in total. The Bertz CT molecular complexity index is 2100. The highest BCUT2D eigenvalue weighted by molar-refractivity contribution is 5.90. The Kier molecular flexibility index (Phi) is 17.6. The number of rotatable bonds is 16. The molecule has 0 spiro atoms. The van der Waals surface area contributed by atoms with Gasteiger partial charge in [0, 0.05) is 48.6 Å². The van der Waals surface area contributed by atoms with Crippen molar-refractivity contribution in [2.45, 2.75) is 90.6 Å². The molecule has 1 aliphatic rings. The van der Waals surface area contributed by atoms with Crippen molar-refractivity contribution in [1.82, 2.24) is 40.5 Å². The van der Waals surface area contributed by atoms with Crippen molar-refractivity contribution in [2.75, 3.05) is 34.4 Å². The number of imidazole rings is 2. The maximum Gasteiger partial charge on any atom is 0.407 e. The number of fused-ring (bicyclic) bond motifs is 2. The van der Waals surface area contributed by atoms with E-state index in [1.807, 2.05) is 43.3 Å². The number of ether oxygens (including phenoxy) is 2. The number of amides is 3. The first-order valence-corrected chi connectivity index (χ1v) is 20.1. The lowest BCUT2D eigenvalue weighted by molar-refractivity contribution is -0.135. The van der Waals surface area contributed by atoms with E-state index in [1.165, 1.54) is 21.3 Å². The molecule has 1 fully saturated rings. The molecule has 2 aromatic carbocycles. The fourth-order valence-electron chi connectivity index (χ4n) is 6.88. The number of carbonyl (C=O) groups excluding carboxylic acids is 4. The molecule has 6 N–H and O–H groups in total.